The lowest BCUT2D eigenvalue weighted by Gasteiger charge is -2.31. The van der Waals surface area contributed by atoms with Gasteiger partial charge in [0.1, 0.15) is 22.8 Å². The maximum Gasteiger partial charge on any atom is 0.333 e. The highest BCUT2D eigenvalue weighted by atomic mass is 127. The third-order valence-corrected chi connectivity index (χ3v) is 4.34. The van der Waals surface area contributed by atoms with Crippen molar-refractivity contribution < 1.29 is 24.5 Å². The molecule has 0 saturated heterocycles. The minimum Gasteiger partial charge on any atom is -0.507 e. The molecule has 2 N–H and O–H groups in total. The Morgan fingerprint density at radius 1 is 1.48 bits per heavy atom. The number of hydrogen-bond donors (Lipinski definition) is 2. The SMILES string of the molecule is C=C(C)C(=O)OC(C)(CC)c1c(OC)cc(O)c(I)c1O. The summed E-state index contributed by atoms with van der Waals surface area (Å²) in [4.78, 5) is 11.9. The summed E-state index contributed by atoms with van der Waals surface area (Å²) in [6.07, 6.45) is 0.413. The zero-order valence-corrected chi connectivity index (χ0v) is 14.6. The molecule has 6 heteroatoms. The third kappa shape index (κ3) is 3.42. The van der Waals surface area contributed by atoms with Crippen LogP contribution in [0.2, 0.25) is 0 Å². The second kappa shape index (κ2) is 6.55. The van der Waals surface area contributed by atoms with Crippen LogP contribution in [0.5, 0.6) is 17.2 Å². The molecule has 0 radical (unpaired) electrons. The van der Waals surface area contributed by atoms with Crippen molar-refractivity contribution in [3.8, 4) is 17.2 Å². The normalized spacial score (nSPS) is 13.4. The van der Waals surface area contributed by atoms with Crippen LogP contribution in [-0.4, -0.2) is 23.3 Å². The van der Waals surface area contributed by atoms with Crippen LogP contribution in [0.15, 0.2) is 18.2 Å². The number of rotatable bonds is 5. The molecule has 0 aliphatic heterocycles. The fourth-order valence-corrected chi connectivity index (χ4v) is 2.30. The standard InChI is InChI=1S/C15H19IO5/c1-6-15(4,21-14(19)8(2)3)11-10(20-5)7-9(17)12(16)13(11)18/h7,17-18H,2,6H2,1,3-5H3. The number of benzene rings is 1. The number of carbonyl (C=O) groups is 1. The number of methoxy groups -OCH3 is 1. The minimum absolute atomic E-state index is 0.0987. The molecule has 0 spiro atoms. The van der Waals surface area contributed by atoms with Crippen LogP contribution in [-0.2, 0) is 15.1 Å². The molecule has 21 heavy (non-hydrogen) atoms. The minimum atomic E-state index is -1.10. The molecule has 0 aromatic heterocycles. The Morgan fingerprint density at radius 3 is 2.48 bits per heavy atom. The molecular formula is C15H19IO5. The molecule has 0 fully saturated rings. The van der Waals surface area contributed by atoms with Gasteiger partial charge in [-0.2, -0.15) is 0 Å². The number of phenols is 2. The molecule has 5 nitrogen and oxygen atoms in total. The lowest BCUT2D eigenvalue weighted by atomic mass is 9.90. The largest absolute Gasteiger partial charge is 0.507 e. The van der Waals surface area contributed by atoms with E-state index in [0.717, 1.165) is 0 Å². The van der Waals surface area contributed by atoms with Crippen molar-refractivity contribution in [2.45, 2.75) is 32.8 Å². The number of hydrogen-bond acceptors (Lipinski definition) is 5. The molecule has 1 aromatic carbocycles. The van der Waals surface area contributed by atoms with Crippen LogP contribution in [0.4, 0.5) is 0 Å². The molecule has 116 valence electrons. The monoisotopic (exact) mass is 406 g/mol. The summed E-state index contributed by atoms with van der Waals surface area (Å²) in [5.74, 6) is -0.558. The Hall–Kier alpha value is -1.44. The second-order valence-corrected chi connectivity index (χ2v) is 5.97. The highest BCUT2D eigenvalue weighted by molar-refractivity contribution is 14.1. The van der Waals surface area contributed by atoms with E-state index in [2.05, 4.69) is 6.58 Å². The Kier molecular flexibility index (Phi) is 5.49. The first kappa shape index (κ1) is 17.6. The van der Waals surface area contributed by atoms with Crippen molar-refractivity contribution in [3.63, 3.8) is 0 Å². The van der Waals surface area contributed by atoms with E-state index in [-0.39, 0.29) is 26.4 Å². The maximum absolute atomic E-state index is 11.9. The first-order valence-corrected chi connectivity index (χ1v) is 7.43. The molecule has 1 aromatic rings. The third-order valence-electron chi connectivity index (χ3n) is 3.27. The molecule has 0 heterocycles. The highest BCUT2D eigenvalue weighted by Crippen LogP contribution is 2.47. The van der Waals surface area contributed by atoms with Crippen LogP contribution in [0.3, 0.4) is 0 Å². The van der Waals surface area contributed by atoms with Gasteiger partial charge in [-0.05, 0) is 42.9 Å². The Labute approximate surface area is 137 Å². The van der Waals surface area contributed by atoms with Crippen LogP contribution in [0.25, 0.3) is 0 Å². The van der Waals surface area contributed by atoms with E-state index in [1.54, 1.807) is 13.8 Å². The number of aromatic hydroxyl groups is 2. The van der Waals surface area contributed by atoms with Crippen molar-refractivity contribution in [3.05, 3.63) is 27.4 Å². The Bertz CT molecular complexity index is 582. The average Bonchev–Trinajstić information content (AvgIpc) is 2.43. The van der Waals surface area contributed by atoms with Crippen molar-refractivity contribution in [2.24, 2.45) is 0 Å². The van der Waals surface area contributed by atoms with Gasteiger partial charge >= 0.3 is 5.97 Å². The van der Waals surface area contributed by atoms with Gasteiger partial charge in [-0.1, -0.05) is 13.5 Å². The van der Waals surface area contributed by atoms with Gasteiger partial charge in [0.25, 0.3) is 0 Å². The molecule has 0 saturated carbocycles. The second-order valence-electron chi connectivity index (χ2n) is 4.89. The van der Waals surface area contributed by atoms with Crippen molar-refractivity contribution in [2.75, 3.05) is 7.11 Å². The van der Waals surface area contributed by atoms with Gasteiger partial charge in [-0.25, -0.2) is 4.79 Å². The van der Waals surface area contributed by atoms with Gasteiger partial charge in [0, 0.05) is 11.6 Å². The van der Waals surface area contributed by atoms with Gasteiger partial charge < -0.3 is 19.7 Å². The van der Waals surface area contributed by atoms with E-state index in [1.165, 1.54) is 13.2 Å². The van der Waals surface area contributed by atoms with E-state index in [9.17, 15) is 15.0 Å². The molecule has 0 aliphatic carbocycles. The zero-order valence-electron chi connectivity index (χ0n) is 12.5. The molecule has 1 unspecified atom stereocenters. The number of phenolic OH excluding ortho intramolecular Hbond substituents is 2. The van der Waals surface area contributed by atoms with Crippen LogP contribution < -0.4 is 4.74 Å². The van der Waals surface area contributed by atoms with E-state index >= 15 is 0 Å². The van der Waals surface area contributed by atoms with E-state index in [0.29, 0.717) is 12.0 Å². The van der Waals surface area contributed by atoms with E-state index in [1.807, 2.05) is 29.5 Å². The number of carbonyl (C=O) groups excluding carboxylic acids is 1. The molecule has 0 amide bonds. The van der Waals surface area contributed by atoms with Gasteiger partial charge in [-0.15, -0.1) is 0 Å². The van der Waals surface area contributed by atoms with Gasteiger partial charge in [0.05, 0.1) is 16.2 Å². The quantitative estimate of drug-likeness (QED) is 0.445. The number of esters is 1. The van der Waals surface area contributed by atoms with Gasteiger partial charge in [-0.3, -0.25) is 0 Å². The van der Waals surface area contributed by atoms with Gasteiger partial charge in [0.2, 0.25) is 0 Å². The van der Waals surface area contributed by atoms with Gasteiger partial charge in [0.15, 0.2) is 0 Å². The maximum atomic E-state index is 11.9. The molecule has 1 rings (SSSR count). The summed E-state index contributed by atoms with van der Waals surface area (Å²) < 4.78 is 11.0. The molecule has 0 bridgehead atoms. The lowest BCUT2D eigenvalue weighted by molar-refractivity contribution is -0.154. The predicted octanol–water partition coefficient (Wildman–Crippen LogP) is 3.46. The average molecular weight is 406 g/mol. The van der Waals surface area contributed by atoms with E-state index < -0.39 is 11.6 Å². The van der Waals surface area contributed by atoms with Crippen LogP contribution in [0, 0.1) is 3.57 Å². The Morgan fingerprint density at radius 2 is 2.05 bits per heavy atom. The smallest absolute Gasteiger partial charge is 0.333 e. The van der Waals surface area contributed by atoms with E-state index in [4.69, 9.17) is 9.47 Å². The van der Waals surface area contributed by atoms with Crippen molar-refractivity contribution in [1.82, 2.24) is 0 Å². The molecule has 1 atom stereocenters. The summed E-state index contributed by atoms with van der Waals surface area (Å²) in [6.45, 7) is 8.61. The summed E-state index contributed by atoms with van der Waals surface area (Å²) in [6, 6.07) is 1.39. The van der Waals surface area contributed by atoms with Crippen LogP contribution >= 0.6 is 22.6 Å². The summed E-state index contributed by atoms with van der Waals surface area (Å²) in [5, 5.41) is 20.1. The number of halogens is 1. The first-order chi connectivity index (χ1) is 9.67. The molecule has 0 aliphatic rings. The highest BCUT2D eigenvalue weighted by Gasteiger charge is 2.37. The molecular weight excluding hydrogens is 387 g/mol. The summed E-state index contributed by atoms with van der Waals surface area (Å²) >= 11 is 1.82. The lowest BCUT2D eigenvalue weighted by Crippen LogP contribution is -2.29. The fourth-order valence-electron chi connectivity index (χ4n) is 1.87. The zero-order chi connectivity index (χ0) is 16.4. The van der Waals surface area contributed by atoms with Crippen LogP contribution in [0.1, 0.15) is 32.8 Å². The first-order valence-electron chi connectivity index (χ1n) is 6.35. The predicted molar refractivity (Wildman–Crippen MR) is 87.6 cm³/mol. The summed E-state index contributed by atoms with van der Waals surface area (Å²) in [5.41, 5.74) is -0.509. The van der Waals surface area contributed by atoms with Crippen molar-refractivity contribution >= 4 is 28.6 Å². The van der Waals surface area contributed by atoms with Crippen molar-refractivity contribution in [1.29, 1.82) is 0 Å². The summed E-state index contributed by atoms with van der Waals surface area (Å²) in [7, 11) is 1.42. The number of ether oxygens (including phenoxy) is 2. The fraction of sp³-hybridized carbons (Fsp3) is 0.400. The topological polar surface area (TPSA) is 76.0 Å². The Balaban J connectivity index is 3.50.